The Kier molecular flexibility index (Phi) is 4.39. The SMILES string of the molecule is CCOC(=O)c1cc(Br)cc2c1nc(C)n2-c1ccnc2c(F)cccc12. The minimum Gasteiger partial charge on any atom is -0.462 e. The summed E-state index contributed by atoms with van der Waals surface area (Å²) < 4.78 is 22.0. The Balaban J connectivity index is 2.06. The van der Waals surface area contributed by atoms with Crippen LogP contribution >= 0.6 is 15.9 Å². The fourth-order valence-corrected chi connectivity index (χ4v) is 3.69. The summed E-state index contributed by atoms with van der Waals surface area (Å²) in [6, 6.07) is 10.2. The normalized spacial score (nSPS) is 11.3. The van der Waals surface area contributed by atoms with Crippen molar-refractivity contribution in [1.29, 1.82) is 0 Å². The number of pyridine rings is 1. The average Bonchev–Trinajstić information content (AvgIpc) is 2.97. The molecule has 4 aromatic rings. The van der Waals surface area contributed by atoms with Gasteiger partial charge in [0.05, 0.1) is 23.4 Å². The van der Waals surface area contributed by atoms with Crippen molar-refractivity contribution < 1.29 is 13.9 Å². The second-order valence-electron chi connectivity index (χ2n) is 6.00. The topological polar surface area (TPSA) is 57.0 Å². The number of aromatic nitrogens is 3. The van der Waals surface area contributed by atoms with Crippen LogP contribution in [-0.2, 0) is 4.74 Å². The highest BCUT2D eigenvalue weighted by Gasteiger charge is 2.20. The first-order valence-electron chi connectivity index (χ1n) is 8.40. The molecule has 0 amide bonds. The lowest BCUT2D eigenvalue weighted by molar-refractivity contribution is 0.0528. The number of hydrogen-bond acceptors (Lipinski definition) is 4. The molecule has 0 aliphatic heterocycles. The molecule has 7 heteroatoms. The van der Waals surface area contributed by atoms with Gasteiger partial charge in [0, 0.05) is 16.1 Å². The number of imidazole rings is 1. The molecule has 0 N–H and O–H groups in total. The van der Waals surface area contributed by atoms with Crippen LogP contribution in [0.5, 0.6) is 0 Å². The lowest BCUT2D eigenvalue weighted by Gasteiger charge is -2.11. The molecule has 0 bridgehead atoms. The zero-order valence-corrected chi connectivity index (χ0v) is 16.2. The van der Waals surface area contributed by atoms with E-state index in [0.717, 1.165) is 15.7 Å². The van der Waals surface area contributed by atoms with Crippen molar-refractivity contribution in [3.63, 3.8) is 0 Å². The zero-order valence-electron chi connectivity index (χ0n) is 14.7. The van der Waals surface area contributed by atoms with Crippen molar-refractivity contribution in [3.8, 4) is 5.69 Å². The molecule has 5 nitrogen and oxygen atoms in total. The molecular weight excluding hydrogens is 413 g/mol. The van der Waals surface area contributed by atoms with E-state index in [1.165, 1.54) is 6.07 Å². The Morgan fingerprint density at radius 1 is 1.26 bits per heavy atom. The second-order valence-corrected chi connectivity index (χ2v) is 6.92. The first-order chi connectivity index (χ1) is 13.0. The van der Waals surface area contributed by atoms with E-state index in [4.69, 9.17) is 4.74 Å². The maximum Gasteiger partial charge on any atom is 0.340 e. The van der Waals surface area contributed by atoms with Gasteiger partial charge in [-0.1, -0.05) is 28.1 Å². The third kappa shape index (κ3) is 2.88. The third-order valence-electron chi connectivity index (χ3n) is 4.33. The summed E-state index contributed by atoms with van der Waals surface area (Å²) in [5.74, 6) is -0.144. The molecule has 0 spiro atoms. The number of carbonyl (C=O) groups excluding carboxylic acids is 1. The molecular formula is C20H15BrFN3O2. The number of para-hydroxylation sites is 1. The van der Waals surface area contributed by atoms with E-state index in [0.29, 0.717) is 22.3 Å². The number of carbonyl (C=O) groups is 1. The molecule has 0 aliphatic carbocycles. The maximum absolute atomic E-state index is 14.2. The van der Waals surface area contributed by atoms with Gasteiger partial charge in [0.25, 0.3) is 0 Å². The standard InChI is InChI=1S/C20H15BrFN3O2/c1-3-27-20(26)14-9-12(21)10-17-19(14)24-11(2)25(17)16-7-8-23-18-13(16)5-4-6-15(18)22/h4-10H,3H2,1-2H3. The van der Waals surface area contributed by atoms with Crippen LogP contribution in [0.3, 0.4) is 0 Å². The number of aryl methyl sites for hydroxylation is 1. The molecule has 0 fully saturated rings. The van der Waals surface area contributed by atoms with E-state index in [-0.39, 0.29) is 17.9 Å². The lowest BCUT2D eigenvalue weighted by atomic mass is 10.1. The second kappa shape index (κ2) is 6.74. The Morgan fingerprint density at radius 3 is 2.85 bits per heavy atom. The number of esters is 1. The molecule has 2 heterocycles. The summed E-state index contributed by atoms with van der Waals surface area (Å²) in [6.07, 6.45) is 1.57. The maximum atomic E-state index is 14.2. The van der Waals surface area contributed by atoms with E-state index >= 15 is 0 Å². The quantitative estimate of drug-likeness (QED) is 0.433. The zero-order chi connectivity index (χ0) is 19.1. The van der Waals surface area contributed by atoms with Crippen LogP contribution in [0.25, 0.3) is 27.6 Å². The predicted octanol–water partition coefficient (Wildman–Crippen LogP) is 4.96. The highest BCUT2D eigenvalue weighted by Crippen LogP contribution is 2.31. The molecule has 0 aliphatic rings. The van der Waals surface area contributed by atoms with Gasteiger partial charge in [0.1, 0.15) is 22.7 Å². The summed E-state index contributed by atoms with van der Waals surface area (Å²) in [5.41, 5.74) is 2.68. The number of halogens is 2. The van der Waals surface area contributed by atoms with Gasteiger partial charge in [0.15, 0.2) is 0 Å². The molecule has 2 aromatic heterocycles. The van der Waals surface area contributed by atoms with Crippen LogP contribution in [0.4, 0.5) is 4.39 Å². The van der Waals surface area contributed by atoms with Gasteiger partial charge >= 0.3 is 5.97 Å². The van der Waals surface area contributed by atoms with Gasteiger partial charge < -0.3 is 4.74 Å². The van der Waals surface area contributed by atoms with Crippen LogP contribution < -0.4 is 0 Å². The molecule has 0 radical (unpaired) electrons. The van der Waals surface area contributed by atoms with E-state index in [1.807, 2.05) is 23.6 Å². The number of benzene rings is 2. The van der Waals surface area contributed by atoms with Crippen molar-refractivity contribution in [2.45, 2.75) is 13.8 Å². The van der Waals surface area contributed by atoms with Crippen LogP contribution in [0.2, 0.25) is 0 Å². The minimum atomic E-state index is -0.431. The summed E-state index contributed by atoms with van der Waals surface area (Å²) in [7, 11) is 0. The van der Waals surface area contributed by atoms with Crippen molar-refractivity contribution >= 4 is 43.8 Å². The number of nitrogens with zero attached hydrogens (tertiary/aromatic N) is 3. The van der Waals surface area contributed by atoms with Crippen molar-refractivity contribution in [2.75, 3.05) is 6.61 Å². The Hall–Kier alpha value is -2.80. The van der Waals surface area contributed by atoms with Crippen LogP contribution in [0, 0.1) is 12.7 Å². The minimum absolute atomic E-state index is 0.279. The van der Waals surface area contributed by atoms with Crippen molar-refractivity contribution in [2.24, 2.45) is 0 Å². The van der Waals surface area contributed by atoms with Crippen LogP contribution in [0.1, 0.15) is 23.1 Å². The fraction of sp³-hybridized carbons (Fsp3) is 0.150. The first kappa shape index (κ1) is 17.6. The van der Waals surface area contributed by atoms with E-state index < -0.39 is 5.97 Å². The summed E-state index contributed by atoms with van der Waals surface area (Å²) in [6.45, 7) is 3.88. The lowest BCUT2D eigenvalue weighted by Crippen LogP contribution is -2.05. The fourth-order valence-electron chi connectivity index (χ4n) is 3.25. The highest BCUT2D eigenvalue weighted by molar-refractivity contribution is 9.10. The summed E-state index contributed by atoms with van der Waals surface area (Å²) >= 11 is 3.46. The van der Waals surface area contributed by atoms with Crippen LogP contribution in [-0.4, -0.2) is 27.1 Å². The predicted molar refractivity (Wildman–Crippen MR) is 105 cm³/mol. The molecule has 4 rings (SSSR count). The number of hydrogen-bond donors (Lipinski definition) is 0. The molecule has 0 saturated carbocycles. The molecule has 0 saturated heterocycles. The average molecular weight is 428 g/mol. The largest absolute Gasteiger partial charge is 0.462 e. The van der Waals surface area contributed by atoms with Gasteiger partial charge in [-0.25, -0.2) is 14.2 Å². The third-order valence-corrected chi connectivity index (χ3v) is 4.79. The monoisotopic (exact) mass is 427 g/mol. The van der Waals surface area contributed by atoms with Gasteiger partial charge in [0.2, 0.25) is 0 Å². The van der Waals surface area contributed by atoms with Gasteiger partial charge in [-0.3, -0.25) is 9.55 Å². The highest BCUT2D eigenvalue weighted by atomic mass is 79.9. The van der Waals surface area contributed by atoms with Crippen LogP contribution in [0.15, 0.2) is 47.1 Å². The summed E-state index contributed by atoms with van der Waals surface area (Å²) in [5, 5.41) is 0.664. The van der Waals surface area contributed by atoms with Gasteiger partial charge in [-0.05, 0) is 38.1 Å². The van der Waals surface area contributed by atoms with Gasteiger partial charge in [-0.15, -0.1) is 0 Å². The molecule has 136 valence electrons. The van der Waals surface area contributed by atoms with E-state index in [9.17, 15) is 9.18 Å². The van der Waals surface area contributed by atoms with Crippen molar-refractivity contribution in [3.05, 3.63) is 64.3 Å². The molecule has 2 aromatic carbocycles. The van der Waals surface area contributed by atoms with E-state index in [1.54, 1.807) is 31.3 Å². The first-order valence-corrected chi connectivity index (χ1v) is 9.20. The Labute approximate surface area is 162 Å². The van der Waals surface area contributed by atoms with E-state index in [2.05, 4.69) is 25.9 Å². The smallest absolute Gasteiger partial charge is 0.340 e. The summed E-state index contributed by atoms with van der Waals surface area (Å²) in [4.78, 5) is 21.1. The van der Waals surface area contributed by atoms with Crippen molar-refractivity contribution in [1.82, 2.24) is 14.5 Å². The molecule has 0 unspecified atom stereocenters. The molecule has 27 heavy (non-hydrogen) atoms. The molecule has 0 atom stereocenters. The number of rotatable bonds is 3. The van der Waals surface area contributed by atoms with Gasteiger partial charge in [-0.2, -0.15) is 0 Å². The Morgan fingerprint density at radius 2 is 2.07 bits per heavy atom. The number of ether oxygens (including phenoxy) is 1. The number of fused-ring (bicyclic) bond motifs is 2. The Bertz CT molecular complexity index is 1200.